The molecule has 0 heterocycles. The van der Waals surface area contributed by atoms with Crippen LogP contribution in [0.15, 0.2) is 24.3 Å². The molecule has 0 aliphatic rings. The van der Waals surface area contributed by atoms with Gasteiger partial charge in [-0.15, -0.1) is 0 Å². The van der Waals surface area contributed by atoms with Crippen molar-refractivity contribution < 1.29 is 13.2 Å². The third-order valence-electron chi connectivity index (χ3n) is 2.94. The summed E-state index contributed by atoms with van der Waals surface area (Å²) in [5, 5.41) is 0. The topological polar surface area (TPSA) is 54.5 Å². The number of nitrogens with zero attached hydrogens (tertiary/aromatic N) is 1. The zero-order valence-electron chi connectivity index (χ0n) is 11.7. The van der Waals surface area contributed by atoms with Crippen LogP contribution in [-0.4, -0.2) is 51.2 Å². The van der Waals surface area contributed by atoms with Gasteiger partial charge >= 0.3 is 0 Å². The minimum Gasteiger partial charge on any atom is -0.298 e. The first-order valence-electron chi connectivity index (χ1n) is 6.30. The van der Waals surface area contributed by atoms with E-state index in [4.69, 9.17) is 0 Å². The van der Waals surface area contributed by atoms with E-state index < -0.39 is 9.84 Å². The van der Waals surface area contributed by atoms with Crippen LogP contribution in [0.1, 0.15) is 22.8 Å². The van der Waals surface area contributed by atoms with Gasteiger partial charge in [0.05, 0.1) is 12.3 Å². The average molecular weight is 283 g/mol. The second kappa shape index (κ2) is 6.82. The number of ketones is 1. The van der Waals surface area contributed by atoms with E-state index >= 15 is 0 Å². The monoisotopic (exact) mass is 283 g/mol. The van der Waals surface area contributed by atoms with Crippen molar-refractivity contribution in [3.8, 4) is 0 Å². The fraction of sp³-hybridized carbons (Fsp3) is 0.500. The molecule has 1 aromatic carbocycles. The van der Waals surface area contributed by atoms with Crippen molar-refractivity contribution in [3.63, 3.8) is 0 Å². The maximum Gasteiger partial charge on any atom is 0.176 e. The first kappa shape index (κ1) is 15.9. The Morgan fingerprint density at radius 2 is 1.79 bits per heavy atom. The van der Waals surface area contributed by atoms with Gasteiger partial charge in [-0.25, -0.2) is 8.42 Å². The van der Waals surface area contributed by atoms with Crippen molar-refractivity contribution in [3.05, 3.63) is 35.4 Å². The largest absolute Gasteiger partial charge is 0.298 e. The third kappa shape index (κ3) is 5.98. The molecular formula is C14H21NO3S. The molecule has 1 aromatic rings. The molecule has 0 aliphatic carbocycles. The highest BCUT2D eigenvalue weighted by Gasteiger charge is 2.11. The molecule has 106 valence electrons. The summed E-state index contributed by atoms with van der Waals surface area (Å²) in [5.41, 5.74) is 1.87. The van der Waals surface area contributed by atoms with Gasteiger partial charge in [0.1, 0.15) is 9.84 Å². The average Bonchev–Trinajstić information content (AvgIpc) is 2.35. The quantitative estimate of drug-likeness (QED) is 0.710. The molecule has 0 saturated heterocycles. The van der Waals surface area contributed by atoms with Gasteiger partial charge < -0.3 is 0 Å². The number of benzene rings is 1. The Bertz CT molecular complexity index is 520. The zero-order chi connectivity index (χ0) is 14.5. The lowest BCUT2D eigenvalue weighted by Gasteiger charge is -2.15. The molecule has 0 unspecified atom stereocenters. The molecule has 5 heteroatoms. The fourth-order valence-corrected chi connectivity index (χ4v) is 2.31. The van der Waals surface area contributed by atoms with Crippen LogP contribution in [0.5, 0.6) is 0 Å². The highest BCUT2D eigenvalue weighted by Crippen LogP contribution is 2.06. The number of Topliss-reactive ketones (excluding diaryl/α,β-unsaturated/α-hetero) is 1. The second-order valence-corrected chi connectivity index (χ2v) is 7.10. The van der Waals surface area contributed by atoms with Gasteiger partial charge in [0, 0.05) is 18.4 Å². The lowest BCUT2D eigenvalue weighted by molar-refractivity contribution is 0.0949. The maximum atomic E-state index is 12.0. The molecule has 0 N–H and O–H groups in total. The van der Waals surface area contributed by atoms with Crippen LogP contribution in [-0.2, 0) is 16.3 Å². The van der Waals surface area contributed by atoms with Crippen molar-refractivity contribution >= 4 is 15.6 Å². The van der Waals surface area contributed by atoms with Gasteiger partial charge in [0.2, 0.25) is 0 Å². The van der Waals surface area contributed by atoms with Crippen molar-refractivity contribution in [2.45, 2.75) is 13.3 Å². The Kier molecular flexibility index (Phi) is 5.69. The molecule has 0 aliphatic heterocycles. The van der Waals surface area contributed by atoms with Gasteiger partial charge in [-0.05, 0) is 19.0 Å². The van der Waals surface area contributed by atoms with Gasteiger partial charge in [0.15, 0.2) is 5.78 Å². The predicted molar refractivity (Wildman–Crippen MR) is 77.4 cm³/mol. The molecule has 0 aromatic heterocycles. The molecule has 0 radical (unpaired) electrons. The fourth-order valence-electron chi connectivity index (χ4n) is 1.66. The van der Waals surface area contributed by atoms with E-state index in [1.54, 1.807) is 11.9 Å². The van der Waals surface area contributed by atoms with Crippen molar-refractivity contribution in [2.24, 2.45) is 0 Å². The molecule has 0 spiro atoms. The number of hydrogen-bond acceptors (Lipinski definition) is 4. The van der Waals surface area contributed by atoms with E-state index in [0.29, 0.717) is 12.1 Å². The summed E-state index contributed by atoms with van der Waals surface area (Å²) < 4.78 is 22.1. The van der Waals surface area contributed by atoms with E-state index in [1.165, 1.54) is 11.8 Å². The Morgan fingerprint density at radius 3 is 2.26 bits per heavy atom. The summed E-state index contributed by atoms with van der Waals surface area (Å²) in [7, 11) is -1.23. The number of carbonyl (C=O) groups is 1. The molecule has 0 atom stereocenters. The predicted octanol–water partition coefficient (Wildman–Crippen LogP) is 1.41. The molecule has 1 rings (SSSR count). The van der Waals surface area contributed by atoms with Crippen LogP contribution >= 0.6 is 0 Å². The Hall–Kier alpha value is -1.20. The summed E-state index contributed by atoms with van der Waals surface area (Å²) >= 11 is 0. The van der Waals surface area contributed by atoms with Gasteiger partial charge in [-0.1, -0.05) is 31.2 Å². The summed E-state index contributed by atoms with van der Waals surface area (Å²) in [6, 6.07) is 7.55. The van der Waals surface area contributed by atoms with Gasteiger partial charge in [0.25, 0.3) is 0 Å². The minimum absolute atomic E-state index is 0.0126. The molecule has 19 heavy (non-hydrogen) atoms. The van der Waals surface area contributed by atoms with Crippen LogP contribution in [0, 0.1) is 0 Å². The van der Waals surface area contributed by atoms with Crippen LogP contribution in [0.2, 0.25) is 0 Å². The molecule has 0 fully saturated rings. The lowest BCUT2D eigenvalue weighted by atomic mass is 10.1. The molecule has 4 nitrogen and oxygen atoms in total. The standard InChI is InChI=1S/C14H21NO3S/c1-4-12-5-7-13(8-6-12)14(16)11-15(2)9-10-19(3,17)18/h5-8H,4,9-11H2,1-3H3. The normalized spacial score (nSPS) is 11.8. The van der Waals surface area contributed by atoms with E-state index in [9.17, 15) is 13.2 Å². The van der Waals surface area contributed by atoms with Gasteiger partial charge in [-0.2, -0.15) is 0 Å². The number of aryl methyl sites for hydroxylation is 1. The second-order valence-electron chi connectivity index (χ2n) is 4.84. The smallest absolute Gasteiger partial charge is 0.176 e. The number of sulfone groups is 1. The molecule has 0 amide bonds. The van der Waals surface area contributed by atoms with Crippen LogP contribution in [0.4, 0.5) is 0 Å². The van der Waals surface area contributed by atoms with Crippen LogP contribution in [0.25, 0.3) is 0 Å². The highest BCUT2D eigenvalue weighted by atomic mass is 32.2. The Balaban J connectivity index is 2.53. The zero-order valence-corrected chi connectivity index (χ0v) is 12.5. The van der Waals surface area contributed by atoms with E-state index in [0.717, 1.165) is 6.42 Å². The van der Waals surface area contributed by atoms with Crippen molar-refractivity contribution in [1.82, 2.24) is 4.90 Å². The van der Waals surface area contributed by atoms with E-state index in [1.807, 2.05) is 24.3 Å². The maximum absolute atomic E-state index is 12.0. The van der Waals surface area contributed by atoms with E-state index in [-0.39, 0.29) is 18.1 Å². The SMILES string of the molecule is CCc1ccc(C(=O)CN(C)CCS(C)(=O)=O)cc1. The van der Waals surface area contributed by atoms with E-state index in [2.05, 4.69) is 6.92 Å². The first-order valence-corrected chi connectivity index (χ1v) is 8.36. The van der Waals surface area contributed by atoms with Crippen molar-refractivity contribution in [1.29, 1.82) is 0 Å². The molecular weight excluding hydrogens is 262 g/mol. The van der Waals surface area contributed by atoms with Crippen LogP contribution in [0.3, 0.4) is 0 Å². The number of carbonyl (C=O) groups excluding carboxylic acids is 1. The number of rotatable bonds is 7. The summed E-state index contributed by atoms with van der Waals surface area (Å²) in [6.07, 6.45) is 2.15. The summed E-state index contributed by atoms with van der Waals surface area (Å²) in [4.78, 5) is 13.7. The summed E-state index contributed by atoms with van der Waals surface area (Å²) in [5.74, 6) is 0.0876. The highest BCUT2D eigenvalue weighted by molar-refractivity contribution is 7.90. The number of likely N-dealkylation sites (N-methyl/N-ethyl adjacent to an activating group) is 1. The number of hydrogen-bond donors (Lipinski definition) is 0. The van der Waals surface area contributed by atoms with Gasteiger partial charge in [-0.3, -0.25) is 9.69 Å². The molecule has 0 saturated carbocycles. The Labute approximate surface area is 115 Å². The van der Waals surface area contributed by atoms with Crippen LogP contribution < -0.4 is 0 Å². The molecule has 0 bridgehead atoms. The lowest BCUT2D eigenvalue weighted by Crippen LogP contribution is -2.30. The van der Waals surface area contributed by atoms with Crippen molar-refractivity contribution in [2.75, 3.05) is 32.1 Å². The first-order chi connectivity index (χ1) is 8.81. The third-order valence-corrected chi connectivity index (χ3v) is 3.87. The minimum atomic E-state index is -2.98. The Morgan fingerprint density at radius 1 is 1.21 bits per heavy atom. The summed E-state index contributed by atoms with van der Waals surface area (Å²) in [6.45, 7) is 2.68.